The Bertz CT molecular complexity index is 1670. The summed E-state index contributed by atoms with van der Waals surface area (Å²) in [6, 6.07) is 25.9. The maximum Gasteiger partial charge on any atom is 0.128 e. The van der Waals surface area contributed by atoms with Crippen molar-refractivity contribution < 1.29 is 5.11 Å². The van der Waals surface area contributed by atoms with Crippen molar-refractivity contribution in [1.29, 1.82) is 0 Å². The number of aromatic hydroxyl groups is 1. The Labute approximate surface area is 203 Å². The van der Waals surface area contributed by atoms with Gasteiger partial charge in [0.25, 0.3) is 0 Å². The molecule has 0 fully saturated rings. The number of fused-ring (bicyclic) bond motifs is 7. The van der Waals surface area contributed by atoms with Gasteiger partial charge >= 0.3 is 0 Å². The van der Waals surface area contributed by atoms with Gasteiger partial charge in [-0.2, -0.15) is 0 Å². The largest absolute Gasteiger partial charge is 0.507 e. The number of aromatic nitrogens is 1. The van der Waals surface area contributed by atoms with Crippen LogP contribution < -0.4 is 0 Å². The summed E-state index contributed by atoms with van der Waals surface area (Å²) >= 11 is 1.67. The first-order valence-electron chi connectivity index (χ1n) is 11.8. The van der Waals surface area contributed by atoms with Gasteiger partial charge in [0.2, 0.25) is 0 Å². The highest BCUT2D eigenvalue weighted by molar-refractivity contribution is 7.21. The number of benzene rings is 4. The van der Waals surface area contributed by atoms with Crippen LogP contribution in [0.5, 0.6) is 5.75 Å². The average molecular weight is 460 g/mol. The Morgan fingerprint density at radius 3 is 1.82 bits per heavy atom. The van der Waals surface area contributed by atoms with Crippen LogP contribution in [-0.2, 0) is 10.8 Å². The maximum absolute atomic E-state index is 11.1. The van der Waals surface area contributed by atoms with Crippen molar-refractivity contribution in [2.75, 3.05) is 0 Å². The van der Waals surface area contributed by atoms with Gasteiger partial charge < -0.3 is 5.11 Å². The molecule has 1 heterocycles. The fourth-order valence-electron chi connectivity index (χ4n) is 6.14. The number of nitrogens with zero attached hydrogens (tertiary/aromatic N) is 1. The van der Waals surface area contributed by atoms with Crippen molar-refractivity contribution in [2.45, 2.75) is 38.5 Å². The number of rotatable bonds is 1. The standard InChI is InChI=1S/C31H25NOS/c1-30(2)23-12-8-6-10-18(23)20-15-27(33)21(13-24(20)30)29-32-26-14-19-17-9-5-7-11-22(17)31(3,4)25(19)16-28(26)34-29/h5-16,33H,1-4H3. The highest BCUT2D eigenvalue weighted by Crippen LogP contribution is 2.53. The van der Waals surface area contributed by atoms with Crippen LogP contribution in [-0.4, -0.2) is 10.1 Å². The molecule has 1 aromatic heterocycles. The van der Waals surface area contributed by atoms with Gasteiger partial charge in [-0.15, -0.1) is 11.3 Å². The minimum Gasteiger partial charge on any atom is -0.507 e. The summed E-state index contributed by atoms with van der Waals surface area (Å²) in [7, 11) is 0. The third-order valence-electron chi connectivity index (χ3n) is 8.02. The molecule has 2 aliphatic carbocycles. The molecule has 7 rings (SSSR count). The fourth-order valence-corrected chi connectivity index (χ4v) is 7.16. The molecule has 3 heteroatoms. The first kappa shape index (κ1) is 20.0. The molecular formula is C31H25NOS. The molecule has 0 atom stereocenters. The van der Waals surface area contributed by atoms with E-state index in [1.54, 1.807) is 11.3 Å². The lowest BCUT2D eigenvalue weighted by atomic mass is 9.82. The second-order valence-corrected chi connectivity index (χ2v) is 11.7. The molecule has 0 spiro atoms. The van der Waals surface area contributed by atoms with E-state index in [9.17, 15) is 5.11 Å². The predicted octanol–water partition coefficient (Wildman–Crippen LogP) is 8.28. The molecule has 34 heavy (non-hydrogen) atoms. The van der Waals surface area contributed by atoms with Crippen molar-refractivity contribution in [3.63, 3.8) is 0 Å². The molecule has 0 amide bonds. The van der Waals surface area contributed by atoms with Crippen LogP contribution in [0.15, 0.2) is 72.8 Å². The van der Waals surface area contributed by atoms with Crippen LogP contribution in [0.4, 0.5) is 0 Å². The first-order valence-corrected chi connectivity index (χ1v) is 12.6. The van der Waals surface area contributed by atoms with Gasteiger partial charge in [0, 0.05) is 10.8 Å². The molecule has 2 aliphatic rings. The second-order valence-electron chi connectivity index (χ2n) is 10.6. The molecule has 0 aliphatic heterocycles. The van der Waals surface area contributed by atoms with Crippen LogP contribution in [0.3, 0.4) is 0 Å². The van der Waals surface area contributed by atoms with Gasteiger partial charge in [0.15, 0.2) is 0 Å². The number of hydrogen-bond acceptors (Lipinski definition) is 3. The highest BCUT2D eigenvalue weighted by atomic mass is 32.1. The zero-order chi connectivity index (χ0) is 23.4. The van der Waals surface area contributed by atoms with Gasteiger partial charge in [0.1, 0.15) is 10.8 Å². The third-order valence-corrected chi connectivity index (χ3v) is 9.07. The summed E-state index contributed by atoms with van der Waals surface area (Å²) in [5, 5.41) is 12.0. The molecule has 166 valence electrons. The van der Waals surface area contributed by atoms with Crippen LogP contribution in [0.25, 0.3) is 43.0 Å². The minimum atomic E-state index is -0.111. The van der Waals surface area contributed by atoms with Gasteiger partial charge in [-0.05, 0) is 68.8 Å². The summed E-state index contributed by atoms with van der Waals surface area (Å²) in [5.41, 5.74) is 11.9. The lowest BCUT2D eigenvalue weighted by Gasteiger charge is -2.22. The number of phenolic OH excluding ortho intramolecular Hbond substituents is 1. The van der Waals surface area contributed by atoms with E-state index in [0.29, 0.717) is 5.75 Å². The van der Waals surface area contributed by atoms with E-state index in [0.717, 1.165) is 26.4 Å². The number of phenols is 1. The molecule has 2 nitrogen and oxygen atoms in total. The van der Waals surface area contributed by atoms with E-state index in [-0.39, 0.29) is 10.8 Å². The SMILES string of the molecule is CC1(C)c2ccccc2-c2cc(O)c(-c3nc4cc5c(cc4s3)C(C)(C)c3ccccc3-5)cc21. The normalized spacial score (nSPS) is 16.2. The molecular weight excluding hydrogens is 434 g/mol. The van der Waals surface area contributed by atoms with E-state index in [1.807, 2.05) is 6.07 Å². The lowest BCUT2D eigenvalue weighted by molar-refractivity contribution is 0.477. The minimum absolute atomic E-state index is 0.0320. The summed E-state index contributed by atoms with van der Waals surface area (Å²) in [6.07, 6.45) is 0. The third kappa shape index (κ3) is 2.43. The first-order chi connectivity index (χ1) is 16.3. The zero-order valence-electron chi connectivity index (χ0n) is 19.7. The molecule has 1 N–H and O–H groups in total. The van der Waals surface area contributed by atoms with Gasteiger partial charge in [-0.1, -0.05) is 76.2 Å². The summed E-state index contributed by atoms with van der Waals surface area (Å²) in [5.74, 6) is 0.295. The molecule has 5 aromatic rings. The number of hydrogen-bond donors (Lipinski definition) is 1. The summed E-state index contributed by atoms with van der Waals surface area (Å²) in [4.78, 5) is 5.02. The Morgan fingerprint density at radius 1 is 0.618 bits per heavy atom. The molecule has 4 aromatic carbocycles. The Morgan fingerprint density at radius 2 is 1.18 bits per heavy atom. The Balaban J connectivity index is 1.41. The quantitative estimate of drug-likeness (QED) is 0.273. The van der Waals surface area contributed by atoms with Crippen LogP contribution >= 0.6 is 11.3 Å². The maximum atomic E-state index is 11.1. The second kappa shape index (κ2) is 6.37. The molecule has 0 bridgehead atoms. The van der Waals surface area contributed by atoms with E-state index in [2.05, 4.69) is 94.4 Å². The van der Waals surface area contributed by atoms with E-state index in [4.69, 9.17) is 4.98 Å². The Hall–Kier alpha value is -3.43. The zero-order valence-corrected chi connectivity index (χ0v) is 20.5. The summed E-state index contributed by atoms with van der Waals surface area (Å²) in [6.45, 7) is 9.14. The van der Waals surface area contributed by atoms with Crippen LogP contribution in [0, 0.1) is 0 Å². The average Bonchev–Trinajstić information content (AvgIpc) is 3.41. The van der Waals surface area contributed by atoms with Crippen molar-refractivity contribution >= 4 is 21.6 Å². The van der Waals surface area contributed by atoms with Gasteiger partial charge in [0.05, 0.1) is 15.8 Å². The summed E-state index contributed by atoms with van der Waals surface area (Å²) < 4.78 is 1.16. The molecule has 0 radical (unpaired) electrons. The van der Waals surface area contributed by atoms with Crippen LogP contribution in [0.2, 0.25) is 0 Å². The topological polar surface area (TPSA) is 33.1 Å². The molecule has 0 saturated heterocycles. The van der Waals surface area contributed by atoms with Gasteiger partial charge in [-0.3, -0.25) is 0 Å². The molecule has 0 saturated carbocycles. The van der Waals surface area contributed by atoms with Crippen molar-refractivity contribution in [1.82, 2.24) is 4.98 Å². The lowest BCUT2D eigenvalue weighted by Crippen LogP contribution is -2.14. The Kier molecular flexibility index (Phi) is 3.74. The smallest absolute Gasteiger partial charge is 0.128 e. The number of thiazole rings is 1. The van der Waals surface area contributed by atoms with E-state index >= 15 is 0 Å². The van der Waals surface area contributed by atoms with Crippen LogP contribution in [0.1, 0.15) is 49.9 Å². The van der Waals surface area contributed by atoms with Crippen molar-refractivity contribution in [2.24, 2.45) is 0 Å². The monoisotopic (exact) mass is 459 g/mol. The molecule has 0 unspecified atom stereocenters. The van der Waals surface area contributed by atoms with Crippen molar-refractivity contribution in [3.05, 3.63) is 95.1 Å². The van der Waals surface area contributed by atoms with E-state index < -0.39 is 0 Å². The fraction of sp³-hybridized carbons (Fsp3) is 0.194. The van der Waals surface area contributed by atoms with Crippen molar-refractivity contribution in [3.8, 4) is 38.6 Å². The highest BCUT2D eigenvalue weighted by Gasteiger charge is 2.37. The predicted molar refractivity (Wildman–Crippen MR) is 142 cm³/mol. The van der Waals surface area contributed by atoms with Gasteiger partial charge in [-0.25, -0.2) is 4.98 Å². The van der Waals surface area contributed by atoms with E-state index in [1.165, 1.54) is 38.9 Å².